The summed E-state index contributed by atoms with van der Waals surface area (Å²) < 4.78 is 33.5. The summed E-state index contributed by atoms with van der Waals surface area (Å²) in [5.41, 5.74) is 0. The zero-order valence-electron chi connectivity index (χ0n) is 28.9. The molecule has 0 rings (SSSR count). The maximum absolute atomic E-state index is 12.2. The van der Waals surface area contributed by atoms with E-state index in [2.05, 4.69) is 47.4 Å². The highest BCUT2D eigenvalue weighted by Crippen LogP contribution is 2.43. The first-order chi connectivity index (χ1) is 22.0. The van der Waals surface area contributed by atoms with Crippen LogP contribution in [-0.4, -0.2) is 75.4 Å². The first-order valence-electron chi connectivity index (χ1n) is 16.5. The number of hydrogen-bond donors (Lipinski definition) is 1. The van der Waals surface area contributed by atoms with Crippen molar-refractivity contribution in [1.82, 2.24) is 0 Å². The van der Waals surface area contributed by atoms with Gasteiger partial charge in [0.25, 0.3) is 0 Å². The smallest absolute Gasteiger partial charge is 0.462 e. The molecule has 0 aromatic carbocycles. The third-order valence-corrected chi connectivity index (χ3v) is 7.65. The van der Waals surface area contributed by atoms with Crippen molar-refractivity contribution in [2.45, 2.75) is 110 Å². The van der Waals surface area contributed by atoms with Crippen LogP contribution in [0.5, 0.6) is 0 Å². The highest BCUT2D eigenvalue weighted by molar-refractivity contribution is 7.47. The number of carbonyl (C=O) groups excluding carboxylic acids is 2. The Hall–Kier alpha value is -2.75. The molecule has 0 bridgehead atoms. The molecule has 0 heterocycles. The second kappa shape index (κ2) is 28.5. The number of likely N-dealkylation sites (N-methyl/N-ethyl adjacent to an activating group) is 1. The Kier molecular flexibility index (Phi) is 26.8. The fourth-order valence-corrected chi connectivity index (χ4v) is 4.81. The lowest BCUT2D eigenvalue weighted by Crippen LogP contribution is -2.37. The van der Waals surface area contributed by atoms with Crippen molar-refractivity contribution in [3.05, 3.63) is 0 Å². The molecule has 0 fully saturated rings. The molecule has 0 saturated carbocycles. The quantitative estimate of drug-likeness (QED) is 0.0371. The van der Waals surface area contributed by atoms with E-state index in [1.807, 2.05) is 21.1 Å². The Labute approximate surface area is 279 Å². The van der Waals surface area contributed by atoms with E-state index >= 15 is 0 Å². The Morgan fingerprint density at radius 2 is 1.22 bits per heavy atom. The van der Waals surface area contributed by atoms with Crippen LogP contribution >= 0.6 is 7.82 Å². The Morgan fingerprint density at radius 3 is 1.78 bits per heavy atom. The fourth-order valence-electron chi connectivity index (χ4n) is 4.05. The molecule has 0 saturated heterocycles. The van der Waals surface area contributed by atoms with E-state index in [4.69, 9.17) is 18.5 Å². The van der Waals surface area contributed by atoms with Gasteiger partial charge in [0.15, 0.2) is 0 Å². The molecule has 0 aliphatic carbocycles. The van der Waals surface area contributed by atoms with Gasteiger partial charge in [0.1, 0.15) is 26.4 Å². The SMILES string of the molecule is CC#CC#CCCCCCCCCC(=O)OCCOC(=O)CCCCCCCC(C#CC#CC)COP(=O)(O)OCC[N+](C)(C)C. The lowest BCUT2D eigenvalue weighted by atomic mass is 10.0. The Balaban J connectivity index is 3.92. The second-order valence-corrected chi connectivity index (χ2v) is 13.5. The first kappa shape index (κ1) is 43.2. The molecule has 2 atom stereocenters. The number of phosphoric ester groups is 1. The maximum atomic E-state index is 12.2. The van der Waals surface area contributed by atoms with E-state index in [0.717, 1.165) is 77.0 Å². The van der Waals surface area contributed by atoms with E-state index in [1.54, 1.807) is 13.8 Å². The number of carbonyl (C=O) groups is 2. The average molecular weight is 663 g/mol. The van der Waals surface area contributed by atoms with E-state index in [-0.39, 0.29) is 44.3 Å². The number of unbranched alkanes of at least 4 members (excludes halogenated alkanes) is 10. The van der Waals surface area contributed by atoms with Crippen LogP contribution in [0.2, 0.25) is 0 Å². The van der Waals surface area contributed by atoms with Gasteiger partial charge in [0.05, 0.1) is 27.7 Å². The minimum Gasteiger partial charge on any atom is -0.462 e. The zero-order valence-corrected chi connectivity index (χ0v) is 29.8. The molecule has 10 heteroatoms. The third kappa shape index (κ3) is 31.2. The van der Waals surface area contributed by atoms with Crippen molar-refractivity contribution in [3.8, 4) is 47.4 Å². The second-order valence-electron chi connectivity index (χ2n) is 12.0. The number of rotatable bonds is 26. The van der Waals surface area contributed by atoms with Crippen molar-refractivity contribution in [2.75, 3.05) is 54.1 Å². The van der Waals surface area contributed by atoms with Gasteiger partial charge in [0, 0.05) is 25.2 Å². The number of phosphoric acid groups is 1. The van der Waals surface area contributed by atoms with Crippen molar-refractivity contribution in [1.29, 1.82) is 0 Å². The van der Waals surface area contributed by atoms with Gasteiger partial charge >= 0.3 is 19.8 Å². The molecule has 258 valence electrons. The van der Waals surface area contributed by atoms with Crippen LogP contribution in [0.25, 0.3) is 0 Å². The third-order valence-electron chi connectivity index (χ3n) is 6.67. The summed E-state index contributed by atoms with van der Waals surface area (Å²) in [7, 11) is 1.76. The van der Waals surface area contributed by atoms with E-state index < -0.39 is 7.82 Å². The summed E-state index contributed by atoms with van der Waals surface area (Å²) in [5.74, 6) is 21.7. The van der Waals surface area contributed by atoms with Gasteiger partial charge in [-0.1, -0.05) is 75.0 Å². The van der Waals surface area contributed by atoms with Crippen molar-refractivity contribution in [2.24, 2.45) is 5.92 Å². The summed E-state index contributed by atoms with van der Waals surface area (Å²) in [6, 6.07) is 0. The molecule has 1 N–H and O–H groups in total. The largest absolute Gasteiger partial charge is 0.472 e. The monoisotopic (exact) mass is 662 g/mol. The van der Waals surface area contributed by atoms with E-state index in [0.29, 0.717) is 30.3 Å². The first-order valence-corrected chi connectivity index (χ1v) is 18.0. The van der Waals surface area contributed by atoms with Gasteiger partial charge in [-0.05, 0) is 63.2 Å². The van der Waals surface area contributed by atoms with Crippen molar-refractivity contribution in [3.63, 3.8) is 0 Å². The minimum absolute atomic E-state index is 0.00911. The van der Waals surface area contributed by atoms with Crippen molar-refractivity contribution >= 4 is 19.8 Å². The van der Waals surface area contributed by atoms with Crippen LogP contribution in [0, 0.1) is 53.3 Å². The lowest BCUT2D eigenvalue weighted by Gasteiger charge is -2.24. The van der Waals surface area contributed by atoms with Gasteiger partial charge in [0.2, 0.25) is 0 Å². The minimum atomic E-state index is -4.15. The molecule has 0 aliphatic rings. The molecule has 0 radical (unpaired) electrons. The summed E-state index contributed by atoms with van der Waals surface area (Å²) in [6.45, 7) is 4.32. The fraction of sp³-hybridized carbons (Fsp3) is 0.722. The van der Waals surface area contributed by atoms with Gasteiger partial charge in [-0.15, -0.1) is 0 Å². The molecule has 46 heavy (non-hydrogen) atoms. The van der Waals surface area contributed by atoms with Gasteiger partial charge in [-0.2, -0.15) is 0 Å². The number of esters is 2. The van der Waals surface area contributed by atoms with Crippen LogP contribution in [0.4, 0.5) is 0 Å². The molecule has 9 nitrogen and oxygen atoms in total. The summed E-state index contributed by atoms with van der Waals surface area (Å²) >= 11 is 0. The normalized spacial score (nSPS) is 12.4. The predicted molar refractivity (Wildman–Crippen MR) is 182 cm³/mol. The number of quaternary nitrogens is 1. The van der Waals surface area contributed by atoms with Crippen LogP contribution in [0.1, 0.15) is 110 Å². The average Bonchev–Trinajstić information content (AvgIpc) is 2.99. The lowest BCUT2D eigenvalue weighted by molar-refractivity contribution is -0.870. The molecule has 2 unspecified atom stereocenters. The van der Waals surface area contributed by atoms with Gasteiger partial charge < -0.3 is 18.9 Å². The topological polar surface area (TPSA) is 108 Å². The van der Waals surface area contributed by atoms with Crippen LogP contribution < -0.4 is 0 Å². The summed E-state index contributed by atoms with van der Waals surface area (Å²) in [4.78, 5) is 33.8. The highest BCUT2D eigenvalue weighted by Gasteiger charge is 2.24. The van der Waals surface area contributed by atoms with Crippen molar-refractivity contribution < 1.29 is 42.1 Å². The molecule has 0 aromatic rings. The summed E-state index contributed by atoms with van der Waals surface area (Å²) in [5, 5.41) is 0. The maximum Gasteiger partial charge on any atom is 0.472 e. The van der Waals surface area contributed by atoms with Crippen LogP contribution in [-0.2, 0) is 32.7 Å². The molecule has 0 aliphatic heterocycles. The standard InChI is InChI=1S/C36H56NO8P/c1-6-8-10-11-12-13-14-15-16-19-23-27-35(38)42-31-32-43-36(39)28-24-20-17-18-22-26-34(25-21-9-7-2)33-45-46(40,41)44-30-29-37(3,4)5/h34H,12-20,22-24,26-33H2,1-5H3/p+1. The Bertz CT molecular complexity index is 1150. The van der Waals surface area contributed by atoms with Gasteiger partial charge in [-0.25, -0.2) is 4.57 Å². The van der Waals surface area contributed by atoms with Gasteiger partial charge in [-0.3, -0.25) is 18.6 Å². The van der Waals surface area contributed by atoms with Crippen LogP contribution in [0.3, 0.4) is 0 Å². The number of nitrogens with zero attached hydrogens (tertiary/aromatic N) is 1. The van der Waals surface area contributed by atoms with E-state index in [1.165, 1.54) is 0 Å². The van der Waals surface area contributed by atoms with E-state index in [9.17, 15) is 19.0 Å². The molecule has 0 amide bonds. The number of ether oxygens (including phenoxy) is 2. The predicted octanol–water partition coefficient (Wildman–Crippen LogP) is 6.43. The molecule has 0 aromatic heterocycles. The molecular formula is C36H57NO8P+. The van der Waals surface area contributed by atoms with Crippen LogP contribution in [0.15, 0.2) is 0 Å². The number of hydrogen-bond acceptors (Lipinski definition) is 7. The summed E-state index contributed by atoms with van der Waals surface area (Å²) in [6.07, 6.45) is 12.9. The molecular weight excluding hydrogens is 605 g/mol. The molecule has 0 spiro atoms. The highest BCUT2D eigenvalue weighted by atomic mass is 31.2. The zero-order chi connectivity index (χ0) is 34.4. The Morgan fingerprint density at radius 1 is 0.696 bits per heavy atom.